The van der Waals surface area contributed by atoms with Gasteiger partial charge < -0.3 is 15.1 Å². The molecule has 1 fully saturated rings. The van der Waals surface area contributed by atoms with E-state index in [9.17, 15) is 14.7 Å². The highest BCUT2D eigenvalue weighted by Gasteiger charge is 2.37. The monoisotopic (exact) mass is 263 g/mol. The zero-order chi connectivity index (χ0) is 14.2. The van der Waals surface area contributed by atoms with Gasteiger partial charge in [-0.2, -0.15) is 0 Å². The van der Waals surface area contributed by atoms with Crippen LogP contribution in [0.5, 0.6) is 5.75 Å². The Morgan fingerprint density at radius 1 is 1.37 bits per heavy atom. The predicted molar refractivity (Wildman–Crippen MR) is 69.0 cm³/mol. The van der Waals surface area contributed by atoms with E-state index in [0.29, 0.717) is 24.2 Å². The van der Waals surface area contributed by atoms with Gasteiger partial charge in [0.15, 0.2) is 0 Å². The van der Waals surface area contributed by atoms with E-state index in [1.165, 1.54) is 6.07 Å². The zero-order valence-electron chi connectivity index (χ0n) is 11.0. The number of carboxylic acids is 1. The fraction of sp³-hybridized carbons (Fsp3) is 0.429. The van der Waals surface area contributed by atoms with Crippen LogP contribution in [0.15, 0.2) is 18.2 Å². The first-order chi connectivity index (χ1) is 8.90. The van der Waals surface area contributed by atoms with Crippen molar-refractivity contribution in [2.75, 3.05) is 13.1 Å². The molecular weight excluding hydrogens is 246 g/mol. The lowest BCUT2D eigenvalue weighted by Gasteiger charge is -2.41. The number of amides is 1. The molecule has 5 nitrogen and oxygen atoms in total. The van der Waals surface area contributed by atoms with Crippen LogP contribution in [0.2, 0.25) is 0 Å². The lowest BCUT2D eigenvalue weighted by Crippen LogP contribution is -2.53. The summed E-state index contributed by atoms with van der Waals surface area (Å²) in [5.74, 6) is -1.17. The molecule has 1 aliphatic heterocycles. The fourth-order valence-corrected chi connectivity index (χ4v) is 2.17. The number of hydrogen-bond acceptors (Lipinski definition) is 3. The summed E-state index contributed by atoms with van der Waals surface area (Å²) in [4.78, 5) is 24.6. The van der Waals surface area contributed by atoms with Crippen LogP contribution < -0.4 is 0 Å². The first kappa shape index (κ1) is 13.4. The van der Waals surface area contributed by atoms with Crippen LogP contribution in [-0.4, -0.2) is 40.1 Å². The number of aryl methyl sites for hydroxylation is 1. The molecule has 1 heterocycles. The first-order valence-corrected chi connectivity index (χ1v) is 6.22. The van der Waals surface area contributed by atoms with Gasteiger partial charge in [0.1, 0.15) is 5.75 Å². The Morgan fingerprint density at radius 2 is 2.00 bits per heavy atom. The van der Waals surface area contributed by atoms with Gasteiger partial charge in [0, 0.05) is 24.6 Å². The lowest BCUT2D eigenvalue weighted by molar-refractivity contribution is -0.144. The molecule has 0 saturated carbocycles. The van der Waals surface area contributed by atoms with E-state index in [4.69, 9.17) is 5.11 Å². The van der Waals surface area contributed by atoms with Crippen LogP contribution in [0.1, 0.15) is 22.8 Å². The van der Waals surface area contributed by atoms with E-state index in [1.54, 1.807) is 30.9 Å². The molecule has 1 aliphatic rings. The zero-order valence-corrected chi connectivity index (χ0v) is 11.0. The van der Waals surface area contributed by atoms with Gasteiger partial charge in [0.25, 0.3) is 5.91 Å². The number of aromatic hydroxyl groups is 1. The lowest BCUT2D eigenvalue weighted by atomic mass is 9.86. The quantitative estimate of drug-likeness (QED) is 0.866. The maximum absolute atomic E-state index is 12.1. The minimum atomic E-state index is -0.822. The van der Waals surface area contributed by atoms with Crippen molar-refractivity contribution in [2.24, 2.45) is 11.8 Å². The van der Waals surface area contributed by atoms with Crippen molar-refractivity contribution < 1.29 is 19.8 Å². The Kier molecular flexibility index (Phi) is 3.46. The fourth-order valence-electron chi connectivity index (χ4n) is 2.17. The molecule has 0 aliphatic carbocycles. The van der Waals surface area contributed by atoms with Gasteiger partial charge >= 0.3 is 5.97 Å². The molecule has 0 radical (unpaired) electrons. The predicted octanol–water partition coefficient (Wildman–Crippen LogP) is 1.49. The Hall–Kier alpha value is -2.04. The molecule has 1 saturated heterocycles. The number of nitrogens with zero attached hydrogens (tertiary/aromatic N) is 1. The number of aliphatic carboxylic acids is 1. The number of carbonyl (C=O) groups excluding carboxylic acids is 1. The van der Waals surface area contributed by atoms with E-state index in [1.807, 2.05) is 0 Å². The number of phenols is 1. The normalized spacial score (nSPS) is 16.8. The third kappa shape index (κ3) is 2.54. The number of likely N-dealkylation sites (tertiary alicyclic amines) is 1. The van der Waals surface area contributed by atoms with Crippen molar-refractivity contribution in [1.82, 2.24) is 4.90 Å². The van der Waals surface area contributed by atoms with Crippen LogP contribution in [0.25, 0.3) is 0 Å². The molecule has 2 N–H and O–H groups in total. The Balaban J connectivity index is 2.00. The number of carboxylic acid groups (broad SMARTS) is 1. The molecule has 1 atom stereocenters. The summed E-state index contributed by atoms with van der Waals surface area (Å²) in [6.45, 7) is 4.36. The second-order valence-corrected chi connectivity index (χ2v) is 5.10. The maximum Gasteiger partial charge on any atom is 0.306 e. The second-order valence-electron chi connectivity index (χ2n) is 5.10. The van der Waals surface area contributed by atoms with Gasteiger partial charge in [-0.25, -0.2) is 0 Å². The largest absolute Gasteiger partial charge is 0.508 e. The van der Waals surface area contributed by atoms with Gasteiger partial charge in [-0.1, -0.05) is 6.92 Å². The Morgan fingerprint density at radius 3 is 2.53 bits per heavy atom. The molecule has 5 heteroatoms. The minimum Gasteiger partial charge on any atom is -0.508 e. The molecule has 1 amide bonds. The maximum atomic E-state index is 12.1. The summed E-state index contributed by atoms with van der Waals surface area (Å²) in [5, 5.41) is 18.3. The Labute approximate surface area is 111 Å². The number of benzene rings is 1. The molecule has 1 unspecified atom stereocenters. The van der Waals surface area contributed by atoms with E-state index < -0.39 is 11.9 Å². The minimum absolute atomic E-state index is 0.0275. The van der Waals surface area contributed by atoms with Crippen LogP contribution >= 0.6 is 0 Å². The highest BCUT2D eigenvalue weighted by molar-refractivity contribution is 5.95. The van der Waals surface area contributed by atoms with Crippen molar-refractivity contribution in [1.29, 1.82) is 0 Å². The molecule has 19 heavy (non-hydrogen) atoms. The van der Waals surface area contributed by atoms with E-state index in [0.717, 1.165) is 0 Å². The van der Waals surface area contributed by atoms with Crippen molar-refractivity contribution in [3.8, 4) is 5.75 Å². The number of hydrogen-bond donors (Lipinski definition) is 2. The van der Waals surface area contributed by atoms with Gasteiger partial charge in [-0.05, 0) is 30.7 Å². The summed E-state index contributed by atoms with van der Waals surface area (Å²) in [6, 6.07) is 4.73. The van der Waals surface area contributed by atoms with Crippen molar-refractivity contribution >= 4 is 11.9 Å². The number of carbonyl (C=O) groups is 2. The summed E-state index contributed by atoms with van der Waals surface area (Å²) in [5.41, 5.74) is 1.18. The Bertz CT molecular complexity index is 520. The average Bonchev–Trinajstić information content (AvgIpc) is 2.30. The van der Waals surface area contributed by atoms with Crippen molar-refractivity contribution in [3.05, 3.63) is 29.3 Å². The van der Waals surface area contributed by atoms with Crippen molar-refractivity contribution in [2.45, 2.75) is 13.8 Å². The standard InChI is InChI=1S/C14H17NO4/c1-8-5-10(3-4-12(8)16)13(17)15-6-11(7-15)9(2)14(18)19/h3-5,9,11,16H,6-7H2,1-2H3,(H,18,19). The molecule has 0 aromatic heterocycles. The van der Waals surface area contributed by atoms with Crippen LogP contribution in [0, 0.1) is 18.8 Å². The third-order valence-electron chi connectivity index (χ3n) is 3.74. The third-order valence-corrected chi connectivity index (χ3v) is 3.74. The summed E-state index contributed by atoms with van der Waals surface area (Å²) >= 11 is 0. The highest BCUT2D eigenvalue weighted by atomic mass is 16.4. The molecular formula is C14H17NO4. The summed E-state index contributed by atoms with van der Waals surface area (Å²) < 4.78 is 0. The number of phenolic OH excluding ortho intramolecular Hbond substituents is 1. The van der Waals surface area contributed by atoms with E-state index >= 15 is 0 Å². The molecule has 1 aromatic rings. The van der Waals surface area contributed by atoms with Gasteiger partial charge in [0.2, 0.25) is 0 Å². The molecule has 0 spiro atoms. The molecule has 102 valence electrons. The molecule has 1 aromatic carbocycles. The smallest absolute Gasteiger partial charge is 0.306 e. The average molecular weight is 263 g/mol. The second kappa shape index (κ2) is 4.91. The van der Waals surface area contributed by atoms with E-state index in [2.05, 4.69) is 0 Å². The van der Waals surface area contributed by atoms with Crippen LogP contribution in [0.4, 0.5) is 0 Å². The highest BCUT2D eigenvalue weighted by Crippen LogP contribution is 2.26. The first-order valence-electron chi connectivity index (χ1n) is 6.22. The van der Waals surface area contributed by atoms with Crippen LogP contribution in [-0.2, 0) is 4.79 Å². The van der Waals surface area contributed by atoms with Crippen molar-refractivity contribution in [3.63, 3.8) is 0 Å². The van der Waals surface area contributed by atoms with Gasteiger partial charge in [-0.15, -0.1) is 0 Å². The SMILES string of the molecule is Cc1cc(C(=O)N2CC(C(C)C(=O)O)C2)ccc1O. The molecule has 2 rings (SSSR count). The molecule has 0 bridgehead atoms. The van der Waals surface area contributed by atoms with Gasteiger partial charge in [0.05, 0.1) is 5.92 Å². The van der Waals surface area contributed by atoms with Gasteiger partial charge in [-0.3, -0.25) is 9.59 Å². The van der Waals surface area contributed by atoms with Crippen LogP contribution in [0.3, 0.4) is 0 Å². The topological polar surface area (TPSA) is 77.8 Å². The number of rotatable bonds is 3. The summed E-state index contributed by atoms with van der Waals surface area (Å²) in [6.07, 6.45) is 0. The van der Waals surface area contributed by atoms with E-state index in [-0.39, 0.29) is 17.6 Å². The summed E-state index contributed by atoms with van der Waals surface area (Å²) in [7, 11) is 0.